The fraction of sp³-hybridized carbons (Fsp3) is 0.0769. The summed E-state index contributed by atoms with van der Waals surface area (Å²) in [5.41, 5.74) is 2.39. The number of rotatable bonds is 1. The largest absolute Gasteiger partial charge is 0.319 e. The van der Waals surface area contributed by atoms with Crippen molar-refractivity contribution in [3.05, 3.63) is 56.6 Å². The molecule has 0 atom stereocenters. The number of aromatic amines is 1. The third-order valence-corrected chi connectivity index (χ3v) is 3.36. The number of hydrogen-bond acceptors (Lipinski definition) is 2. The van der Waals surface area contributed by atoms with E-state index < -0.39 is 0 Å². The van der Waals surface area contributed by atoms with Gasteiger partial charge in [-0.25, -0.2) is 4.52 Å². The molecule has 0 aliphatic heterocycles. The second-order valence-corrected chi connectivity index (χ2v) is 5.08. The van der Waals surface area contributed by atoms with Crippen molar-refractivity contribution in [2.24, 2.45) is 0 Å². The number of nitrogens with one attached hydrogen (secondary N) is 1. The Morgan fingerprint density at radius 2 is 2.05 bits per heavy atom. The van der Waals surface area contributed by atoms with Gasteiger partial charge in [0.25, 0.3) is 5.56 Å². The second kappa shape index (κ2) is 4.40. The Morgan fingerprint density at radius 3 is 2.79 bits per heavy atom. The third-order valence-electron chi connectivity index (χ3n) is 2.81. The van der Waals surface area contributed by atoms with Crippen molar-refractivity contribution in [1.29, 1.82) is 0 Å². The molecule has 19 heavy (non-hydrogen) atoms. The first kappa shape index (κ1) is 12.3. The smallest absolute Gasteiger partial charge is 0.274 e. The van der Waals surface area contributed by atoms with E-state index in [1.54, 1.807) is 35.0 Å². The molecule has 0 aliphatic carbocycles. The highest BCUT2D eigenvalue weighted by Crippen LogP contribution is 2.28. The van der Waals surface area contributed by atoms with E-state index in [-0.39, 0.29) is 5.56 Å². The van der Waals surface area contributed by atoms with Crippen LogP contribution in [0.4, 0.5) is 0 Å². The summed E-state index contributed by atoms with van der Waals surface area (Å²) in [7, 11) is 0. The number of aromatic nitrogens is 3. The lowest BCUT2D eigenvalue weighted by molar-refractivity contribution is 0.917. The van der Waals surface area contributed by atoms with Crippen LogP contribution in [-0.2, 0) is 0 Å². The summed E-state index contributed by atoms with van der Waals surface area (Å²) < 4.78 is 1.55. The molecule has 0 saturated carbocycles. The summed E-state index contributed by atoms with van der Waals surface area (Å²) in [6.45, 7) is 1.83. The van der Waals surface area contributed by atoms with Gasteiger partial charge in [0.15, 0.2) is 0 Å². The minimum atomic E-state index is -0.205. The molecule has 0 aliphatic rings. The van der Waals surface area contributed by atoms with Crippen LogP contribution >= 0.6 is 23.2 Å². The van der Waals surface area contributed by atoms with E-state index in [9.17, 15) is 4.79 Å². The van der Waals surface area contributed by atoms with E-state index >= 15 is 0 Å². The topological polar surface area (TPSA) is 50.2 Å². The number of benzene rings is 1. The fourth-order valence-corrected chi connectivity index (χ4v) is 2.48. The molecule has 6 heteroatoms. The molecule has 0 bridgehead atoms. The van der Waals surface area contributed by atoms with E-state index in [2.05, 4.69) is 10.1 Å². The van der Waals surface area contributed by atoms with Gasteiger partial charge in [0, 0.05) is 10.6 Å². The van der Waals surface area contributed by atoms with Crippen LogP contribution in [0.5, 0.6) is 0 Å². The molecule has 0 saturated heterocycles. The first-order chi connectivity index (χ1) is 9.04. The number of H-pyrrole nitrogens is 1. The molecular formula is C13H9Cl2N3O. The maximum atomic E-state index is 12.0. The van der Waals surface area contributed by atoms with Crippen LogP contribution in [0.25, 0.3) is 16.8 Å². The average molecular weight is 294 g/mol. The molecular weight excluding hydrogens is 285 g/mol. The van der Waals surface area contributed by atoms with E-state index in [1.165, 1.54) is 0 Å². The zero-order valence-electron chi connectivity index (χ0n) is 9.95. The molecule has 0 unspecified atom stereocenters. The maximum absolute atomic E-state index is 12.0. The minimum Gasteiger partial charge on any atom is -0.319 e. The molecule has 4 nitrogen and oxygen atoms in total. The SMILES string of the molecule is Cc1cc2c(=O)[nH]c(-c3ccc(Cl)cc3Cl)cn2n1. The normalized spacial score (nSPS) is 11.1. The highest BCUT2D eigenvalue weighted by atomic mass is 35.5. The molecule has 3 rings (SSSR count). The van der Waals surface area contributed by atoms with E-state index in [0.29, 0.717) is 26.8 Å². The predicted octanol–water partition coefficient (Wildman–Crippen LogP) is 3.30. The number of fused-ring (bicyclic) bond motifs is 1. The molecule has 2 aromatic heterocycles. The summed E-state index contributed by atoms with van der Waals surface area (Å²) in [4.78, 5) is 14.8. The van der Waals surface area contributed by atoms with Gasteiger partial charge in [-0.1, -0.05) is 23.2 Å². The Bertz CT molecular complexity index is 836. The first-order valence-corrected chi connectivity index (χ1v) is 6.35. The van der Waals surface area contributed by atoms with Crippen molar-refractivity contribution in [2.75, 3.05) is 0 Å². The van der Waals surface area contributed by atoms with Crippen molar-refractivity contribution >= 4 is 28.7 Å². The summed E-state index contributed by atoms with van der Waals surface area (Å²) in [5.74, 6) is 0. The standard InChI is InChI=1S/C13H9Cl2N3O/c1-7-4-12-13(19)16-11(6-18(12)17-7)9-3-2-8(14)5-10(9)15/h2-6H,1H3,(H,16,19). The molecule has 0 radical (unpaired) electrons. The molecule has 1 aromatic carbocycles. The highest BCUT2D eigenvalue weighted by molar-refractivity contribution is 6.36. The van der Waals surface area contributed by atoms with Crippen LogP contribution in [0, 0.1) is 6.92 Å². The first-order valence-electron chi connectivity index (χ1n) is 5.59. The zero-order valence-corrected chi connectivity index (χ0v) is 11.5. The number of nitrogens with zero attached hydrogens (tertiary/aromatic N) is 2. The lowest BCUT2D eigenvalue weighted by atomic mass is 10.1. The number of aryl methyl sites for hydroxylation is 1. The molecule has 2 heterocycles. The van der Waals surface area contributed by atoms with Gasteiger partial charge in [-0.05, 0) is 31.2 Å². The Kier molecular flexibility index (Phi) is 2.84. The van der Waals surface area contributed by atoms with Gasteiger partial charge >= 0.3 is 0 Å². The van der Waals surface area contributed by atoms with Crippen molar-refractivity contribution in [2.45, 2.75) is 6.92 Å². The lowest BCUT2D eigenvalue weighted by Gasteiger charge is -2.05. The van der Waals surface area contributed by atoms with E-state index in [1.807, 2.05) is 6.92 Å². The van der Waals surface area contributed by atoms with Gasteiger partial charge in [-0.15, -0.1) is 0 Å². The van der Waals surface area contributed by atoms with Gasteiger partial charge < -0.3 is 4.98 Å². The Morgan fingerprint density at radius 1 is 1.26 bits per heavy atom. The van der Waals surface area contributed by atoms with E-state index in [0.717, 1.165) is 5.69 Å². The highest BCUT2D eigenvalue weighted by Gasteiger charge is 2.09. The molecule has 3 aromatic rings. The fourth-order valence-electron chi connectivity index (χ4n) is 1.97. The monoisotopic (exact) mass is 293 g/mol. The van der Waals surface area contributed by atoms with Gasteiger partial charge in [-0.3, -0.25) is 4.79 Å². The zero-order chi connectivity index (χ0) is 13.6. The second-order valence-electron chi connectivity index (χ2n) is 4.24. The van der Waals surface area contributed by atoms with Gasteiger partial charge in [-0.2, -0.15) is 5.10 Å². The van der Waals surface area contributed by atoms with Crippen molar-refractivity contribution in [3.8, 4) is 11.3 Å². The third kappa shape index (κ3) is 2.13. The summed E-state index contributed by atoms with van der Waals surface area (Å²) >= 11 is 12.0. The van der Waals surface area contributed by atoms with Crippen LogP contribution in [0.3, 0.4) is 0 Å². The van der Waals surface area contributed by atoms with Crippen LogP contribution in [-0.4, -0.2) is 14.6 Å². The Labute approximate surface area is 118 Å². The van der Waals surface area contributed by atoms with Gasteiger partial charge in [0.05, 0.1) is 22.6 Å². The van der Waals surface area contributed by atoms with Crippen LogP contribution in [0.2, 0.25) is 10.0 Å². The van der Waals surface area contributed by atoms with Gasteiger partial charge in [0.2, 0.25) is 0 Å². The number of hydrogen-bond donors (Lipinski definition) is 1. The van der Waals surface area contributed by atoms with Crippen LogP contribution in [0.1, 0.15) is 5.69 Å². The predicted molar refractivity (Wildman–Crippen MR) is 76.0 cm³/mol. The molecule has 0 amide bonds. The van der Waals surface area contributed by atoms with E-state index in [4.69, 9.17) is 23.2 Å². The quantitative estimate of drug-likeness (QED) is 0.748. The maximum Gasteiger partial charge on any atom is 0.274 e. The average Bonchev–Trinajstić information content (AvgIpc) is 2.70. The molecule has 0 spiro atoms. The van der Waals surface area contributed by atoms with Crippen LogP contribution in [0.15, 0.2) is 35.3 Å². The number of halogens is 2. The van der Waals surface area contributed by atoms with Gasteiger partial charge in [0.1, 0.15) is 5.52 Å². The Balaban J connectivity index is 2.28. The molecule has 0 fully saturated rings. The summed E-state index contributed by atoms with van der Waals surface area (Å²) in [5, 5.41) is 5.26. The summed E-state index contributed by atoms with van der Waals surface area (Å²) in [6.07, 6.45) is 1.73. The Hall–Kier alpha value is -1.78. The minimum absolute atomic E-state index is 0.205. The summed E-state index contributed by atoms with van der Waals surface area (Å²) in [6, 6.07) is 6.85. The molecule has 1 N–H and O–H groups in total. The molecule has 96 valence electrons. The lowest BCUT2D eigenvalue weighted by Crippen LogP contribution is -2.10. The van der Waals surface area contributed by atoms with Crippen molar-refractivity contribution < 1.29 is 0 Å². The van der Waals surface area contributed by atoms with Crippen LogP contribution < -0.4 is 5.56 Å². The van der Waals surface area contributed by atoms with Crippen molar-refractivity contribution in [3.63, 3.8) is 0 Å². The van der Waals surface area contributed by atoms with Crippen molar-refractivity contribution in [1.82, 2.24) is 14.6 Å².